The fourth-order valence-corrected chi connectivity index (χ4v) is 3.82. The fourth-order valence-electron chi connectivity index (χ4n) is 3.66. The van der Waals surface area contributed by atoms with E-state index in [0.29, 0.717) is 35.3 Å². The second kappa shape index (κ2) is 6.63. The molecule has 5 nitrogen and oxygen atoms in total. The average Bonchev–Trinajstić information content (AvgIpc) is 3.38. The number of piperidine rings is 1. The molecule has 2 N–H and O–H groups in total. The highest BCUT2D eigenvalue weighted by molar-refractivity contribution is 6.30. The Bertz CT molecular complexity index is 660. The highest BCUT2D eigenvalue weighted by Crippen LogP contribution is 2.45. The first-order chi connectivity index (χ1) is 11.4. The smallest absolute Gasteiger partial charge is 0.257 e. The van der Waals surface area contributed by atoms with Crippen molar-refractivity contribution in [3.8, 4) is 5.75 Å². The molecule has 2 fully saturated rings. The van der Waals surface area contributed by atoms with E-state index in [1.54, 1.807) is 23.1 Å². The van der Waals surface area contributed by atoms with Crippen LogP contribution in [0.5, 0.6) is 5.75 Å². The number of ether oxygens (including phenoxy) is 1. The summed E-state index contributed by atoms with van der Waals surface area (Å²) in [5.41, 5.74) is 5.61. The molecule has 1 aliphatic carbocycles. The minimum absolute atomic E-state index is 0.135. The van der Waals surface area contributed by atoms with Crippen molar-refractivity contribution in [2.24, 2.45) is 17.1 Å². The Morgan fingerprint density at radius 3 is 2.79 bits per heavy atom. The molecule has 1 aromatic rings. The fraction of sp³-hybridized carbons (Fsp3) is 0.556. The molecule has 1 aliphatic heterocycles. The number of nitrogens with zero attached hydrogens (tertiary/aromatic N) is 1. The summed E-state index contributed by atoms with van der Waals surface area (Å²) in [6.07, 6.45) is 4.67. The van der Waals surface area contributed by atoms with Crippen LogP contribution >= 0.6 is 11.6 Å². The van der Waals surface area contributed by atoms with Gasteiger partial charge in [0.25, 0.3) is 5.91 Å². The van der Waals surface area contributed by atoms with E-state index in [9.17, 15) is 9.59 Å². The monoisotopic (exact) mass is 350 g/mol. The summed E-state index contributed by atoms with van der Waals surface area (Å²) in [5.74, 6) is 0.613. The van der Waals surface area contributed by atoms with Crippen LogP contribution in [0, 0.1) is 11.3 Å². The summed E-state index contributed by atoms with van der Waals surface area (Å²) < 4.78 is 5.29. The third-order valence-electron chi connectivity index (χ3n) is 5.16. The Kier molecular flexibility index (Phi) is 4.72. The largest absolute Gasteiger partial charge is 0.496 e. The number of amides is 2. The number of carbonyl (C=O) groups is 2. The van der Waals surface area contributed by atoms with Crippen LogP contribution in [0.4, 0.5) is 0 Å². The van der Waals surface area contributed by atoms with Crippen LogP contribution in [-0.2, 0) is 4.79 Å². The lowest BCUT2D eigenvalue weighted by atomic mass is 9.75. The summed E-state index contributed by atoms with van der Waals surface area (Å²) in [6, 6.07) is 4.97. The van der Waals surface area contributed by atoms with Crippen molar-refractivity contribution in [1.29, 1.82) is 0 Å². The predicted molar refractivity (Wildman–Crippen MR) is 92.1 cm³/mol. The van der Waals surface area contributed by atoms with Gasteiger partial charge < -0.3 is 15.4 Å². The first-order valence-electron chi connectivity index (χ1n) is 8.38. The molecule has 1 atom stereocenters. The van der Waals surface area contributed by atoms with E-state index in [1.165, 1.54) is 7.11 Å². The molecule has 130 valence electrons. The molecule has 1 saturated carbocycles. The van der Waals surface area contributed by atoms with Crippen molar-refractivity contribution in [3.05, 3.63) is 28.8 Å². The Hall–Kier alpha value is -1.75. The number of methoxy groups -OCH3 is 1. The lowest BCUT2D eigenvalue weighted by molar-refractivity contribution is -0.131. The van der Waals surface area contributed by atoms with Crippen molar-refractivity contribution >= 4 is 23.4 Å². The van der Waals surface area contributed by atoms with Gasteiger partial charge in [0.2, 0.25) is 5.91 Å². The van der Waals surface area contributed by atoms with E-state index in [4.69, 9.17) is 22.1 Å². The summed E-state index contributed by atoms with van der Waals surface area (Å²) in [7, 11) is 1.51. The Morgan fingerprint density at radius 2 is 2.17 bits per heavy atom. The Labute approximate surface area is 147 Å². The first kappa shape index (κ1) is 17.1. The molecule has 1 unspecified atom stereocenters. The minimum atomic E-state index is -0.589. The van der Waals surface area contributed by atoms with Gasteiger partial charge >= 0.3 is 0 Å². The van der Waals surface area contributed by atoms with Gasteiger partial charge in [0.15, 0.2) is 0 Å². The molecular weight excluding hydrogens is 328 g/mol. The van der Waals surface area contributed by atoms with E-state index in [-0.39, 0.29) is 11.8 Å². The van der Waals surface area contributed by atoms with Crippen LogP contribution < -0.4 is 10.5 Å². The van der Waals surface area contributed by atoms with Crippen molar-refractivity contribution in [2.45, 2.75) is 32.1 Å². The van der Waals surface area contributed by atoms with E-state index in [1.807, 2.05) is 0 Å². The maximum absolute atomic E-state index is 13.0. The average molecular weight is 351 g/mol. The summed E-state index contributed by atoms with van der Waals surface area (Å²) in [4.78, 5) is 26.8. The molecule has 0 aromatic heterocycles. The zero-order valence-electron chi connectivity index (χ0n) is 13.9. The van der Waals surface area contributed by atoms with Gasteiger partial charge in [-0.3, -0.25) is 9.59 Å². The molecule has 0 bridgehead atoms. The van der Waals surface area contributed by atoms with Gasteiger partial charge in [0.1, 0.15) is 5.75 Å². The van der Waals surface area contributed by atoms with E-state index in [2.05, 4.69) is 0 Å². The minimum Gasteiger partial charge on any atom is -0.496 e. The van der Waals surface area contributed by atoms with E-state index < -0.39 is 5.41 Å². The third kappa shape index (κ3) is 3.36. The standard InChI is InChI=1S/C18H23ClN2O3/c1-24-15-9-13(19)5-6-14(15)16(22)21-8-2-7-18(11-21,17(20)23)10-12-3-4-12/h5-6,9,12H,2-4,7-8,10-11H2,1H3,(H2,20,23). The SMILES string of the molecule is COc1cc(Cl)ccc1C(=O)N1CCCC(CC2CC2)(C(N)=O)C1. The highest BCUT2D eigenvalue weighted by Gasteiger charge is 2.45. The lowest BCUT2D eigenvalue weighted by Gasteiger charge is -2.41. The molecule has 2 amide bonds. The van der Waals surface area contributed by atoms with Gasteiger partial charge in [-0.1, -0.05) is 24.4 Å². The number of benzene rings is 1. The molecule has 1 saturated heterocycles. The number of nitrogens with two attached hydrogens (primary N) is 1. The van der Waals surface area contributed by atoms with Crippen molar-refractivity contribution in [1.82, 2.24) is 4.90 Å². The molecule has 1 aromatic carbocycles. The number of rotatable bonds is 5. The number of carbonyl (C=O) groups excluding carboxylic acids is 2. The van der Waals surface area contributed by atoms with Gasteiger partial charge in [0.05, 0.1) is 18.1 Å². The predicted octanol–water partition coefficient (Wildman–Crippen LogP) is 2.86. The number of hydrogen-bond donors (Lipinski definition) is 1. The Balaban J connectivity index is 1.83. The van der Waals surface area contributed by atoms with Crippen molar-refractivity contribution in [3.63, 3.8) is 0 Å². The zero-order valence-corrected chi connectivity index (χ0v) is 14.6. The van der Waals surface area contributed by atoms with Gasteiger partial charge in [-0.15, -0.1) is 0 Å². The number of primary amides is 1. The van der Waals surface area contributed by atoms with Crippen LogP contribution in [0.1, 0.15) is 42.5 Å². The Morgan fingerprint density at radius 1 is 1.42 bits per heavy atom. The molecular formula is C18H23ClN2O3. The maximum atomic E-state index is 13.0. The number of likely N-dealkylation sites (tertiary alicyclic amines) is 1. The van der Waals surface area contributed by atoms with Crippen LogP contribution in [-0.4, -0.2) is 36.9 Å². The second-order valence-electron chi connectivity index (χ2n) is 6.97. The second-order valence-corrected chi connectivity index (χ2v) is 7.40. The summed E-state index contributed by atoms with van der Waals surface area (Å²) in [6.45, 7) is 1.02. The van der Waals surface area contributed by atoms with Crippen LogP contribution in [0.25, 0.3) is 0 Å². The van der Waals surface area contributed by atoms with Crippen molar-refractivity contribution < 1.29 is 14.3 Å². The number of hydrogen-bond acceptors (Lipinski definition) is 3. The van der Waals surface area contributed by atoms with Crippen LogP contribution in [0.3, 0.4) is 0 Å². The van der Waals surface area contributed by atoms with Gasteiger partial charge in [-0.05, 0) is 43.4 Å². The zero-order chi connectivity index (χ0) is 17.3. The topological polar surface area (TPSA) is 72.6 Å². The molecule has 1 heterocycles. The number of halogens is 1. The quantitative estimate of drug-likeness (QED) is 0.887. The highest BCUT2D eigenvalue weighted by atomic mass is 35.5. The summed E-state index contributed by atoms with van der Waals surface area (Å²) >= 11 is 5.97. The molecule has 24 heavy (non-hydrogen) atoms. The van der Waals surface area contributed by atoms with Crippen LogP contribution in [0.15, 0.2) is 18.2 Å². The normalized spacial score (nSPS) is 23.8. The molecule has 2 aliphatic rings. The van der Waals surface area contributed by atoms with Gasteiger partial charge in [-0.2, -0.15) is 0 Å². The molecule has 0 radical (unpaired) electrons. The van der Waals surface area contributed by atoms with E-state index >= 15 is 0 Å². The van der Waals surface area contributed by atoms with Crippen molar-refractivity contribution in [2.75, 3.05) is 20.2 Å². The summed E-state index contributed by atoms with van der Waals surface area (Å²) in [5, 5.41) is 0.516. The molecule has 0 spiro atoms. The van der Waals surface area contributed by atoms with Crippen LogP contribution in [0.2, 0.25) is 5.02 Å². The first-order valence-corrected chi connectivity index (χ1v) is 8.76. The van der Waals surface area contributed by atoms with E-state index in [0.717, 1.165) is 32.1 Å². The molecule has 6 heteroatoms. The molecule has 3 rings (SSSR count). The van der Waals surface area contributed by atoms with Gasteiger partial charge in [-0.25, -0.2) is 0 Å². The van der Waals surface area contributed by atoms with Gasteiger partial charge in [0, 0.05) is 18.1 Å². The third-order valence-corrected chi connectivity index (χ3v) is 5.39. The maximum Gasteiger partial charge on any atom is 0.257 e. The lowest BCUT2D eigenvalue weighted by Crippen LogP contribution is -2.52.